The molecule has 0 radical (unpaired) electrons. The summed E-state index contributed by atoms with van der Waals surface area (Å²) in [4.78, 5) is 14.2. The van der Waals surface area contributed by atoms with Crippen LogP contribution < -0.4 is 15.0 Å². The lowest BCUT2D eigenvalue weighted by Gasteiger charge is -2.14. The number of anilines is 1. The molecule has 25 heavy (non-hydrogen) atoms. The van der Waals surface area contributed by atoms with Crippen LogP contribution in [0.3, 0.4) is 0 Å². The monoisotopic (exact) mass is 354 g/mol. The third kappa shape index (κ3) is 3.34. The van der Waals surface area contributed by atoms with E-state index in [4.69, 9.17) is 17.0 Å². The van der Waals surface area contributed by atoms with Gasteiger partial charge in [-0.1, -0.05) is 25.1 Å². The molecule has 1 fully saturated rings. The van der Waals surface area contributed by atoms with E-state index in [1.54, 1.807) is 18.2 Å². The van der Waals surface area contributed by atoms with Crippen molar-refractivity contribution in [2.75, 3.05) is 12.0 Å². The van der Waals surface area contributed by atoms with Crippen molar-refractivity contribution >= 4 is 35.0 Å². The Bertz CT molecular complexity index is 877. The highest BCUT2D eigenvalue weighted by Gasteiger charge is 2.32. The molecule has 5 nitrogen and oxygen atoms in total. The van der Waals surface area contributed by atoms with E-state index in [1.165, 1.54) is 18.1 Å². The molecule has 2 aromatic carbocycles. The molecule has 3 rings (SSSR count). The smallest absolute Gasteiger partial charge is 0.281 e. The molecule has 1 heterocycles. The number of methoxy groups -OCH3 is 1. The summed E-state index contributed by atoms with van der Waals surface area (Å²) < 4.78 is 5.02. The number of nitrogens with one attached hydrogen (secondary N) is 1. The van der Waals surface area contributed by atoms with Gasteiger partial charge in [0.25, 0.3) is 5.91 Å². The molecule has 0 aromatic heterocycles. The Hall–Kier alpha value is -2.86. The number of benzene rings is 2. The lowest BCUT2D eigenvalue weighted by Crippen LogP contribution is -2.30. The molecule has 1 saturated heterocycles. The van der Waals surface area contributed by atoms with Crippen molar-refractivity contribution in [3.05, 3.63) is 59.3 Å². The van der Waals surface area contributed by atoms with Crippen molar-refractivity contribution in [2.45, 2.75) is 13.3 Å². The second-order valence-corrected chi connectivity index (χ2v) is 5.97. The fourth-order valence-electron chi connectivity index (χ4n) is 2.65. The Balaban J connectivity index is 1.91. The van der Waals surface area contributed by atoms with Crippen LogP contribution in [0.4, 0.5) is 5.69 Å². The number of hydrogen-bond acceptors (Lipinski definition) is 4. The van der Waals surface area contributed by atoms with Crippen LogP contribution in [0.2, 0.25) is 0 Å². The predicted octanol–water partition coefficient (Wildman–Crippen LogP) is 3.23. The number of carbonyl (C=O) groups excluding carboxylic acids is 1. The molecule has 1 aliphatic rings. The van der Waals surface area contributed by atoms with Crippen LogP contribution in [0.1, 0.15) is 18.1 Å². The molecule has 1 amide bonds. The molecule has 6 heteroatoms. The van der Waals surface area contributed by atoms with Gasteiger partial charge in [-0.2, -0.15) is 0 Å². The van der Waals surface area contributed by atoms with Crippen LogP contribution in [-0.4, -0.2) is 23.2 Å². The Morgan fingerprint density at radius 2 is 2.08 bits per heavy atom. The largest absolute Gasteiger partial charge is 0.504 e. The average molecular weight is 354 g/mol. The summed E-state index contributed by atoms with van der Waals surface area (Å²) in [5.41, 5.74) is 2.89. The first-order valence-electron chi connectivity index (χ1n) is 7.86. The maximum Gasteiger partial charge on any atom is 0.281 e. The quantitative estimate of drug-likeness (QED) is 0.652. The zero-order chi connectivity index (χ0) is 18.0. The second kappa shape index (κ2) is 6.94. The van der Waals surface area contributed by atoms with Gasteiger partial charge in [0, 0.05) is 0 Å². The summed E-state index contributed by atoms with van der Waals surface area (Å²) in [6.45, 7) is 2.06. The van der Waals surface area contributed by atoms with E-state index in [9.17, 15) is 9.90 Å². The Kier molecular flexibility index (Phi) is 4.72. The highest BCUT2D eigenvalue weighted by atomic mass is 32.1. The summed E-state index contributed by atoms with van der Waals surface area (Å²) in [5, 5.41) is 13.2. The summed E-state index contributed by atoms with van der Waals surface area (Å²) in [6.07, 6.45) is 2.53. The maximum atomic E-state index is 12.7. The van der Waals surface area contributed by atoms with Crippen molar-refractivity contribution in [3.63, 3.8) is 0 Å². The van der Waals surface area contributed by atoms with Crippen LogP contribution in [-0.2, 0) is 11.2 Å². The Morgan fingerprint density at radius 1 is 1.28 bits per heavy atom. The first kappa shape index (κ1) is 17.0. The topological polar surface area (TPSA) is 61.8 Å². The van der Waals surface area contributed by atoms with Gasteiger partial charge in [0.15, 0.2) is 16.6 Å². The van der Waals surface area contributed by atoms with Crippen LogP contribution in [0.25, 0.3) is 6.08 Å². The molecule has 0 atom stereocenters. The summed E-state index contributed by atoms with van der Waals surface area (Å²) >= 11 is 5.32. The van der Waals surface area contributed by atoms with Crippen LogP contribution >= 0.6 is 12.2 Å². The standard InChI is InChI=1S/C19H18N2O3S/c1-3-12-5-4-6-14(9-12)21-18(23)15(20-19(21)25)10-13-7-8-17(24-2)16(22)11-13/h4-11,22H,3H2,1-2H3,(H,20,25)/b15-10+. The van der Waals surface area contributed by atoms with Gasteiger partial charge in [0.1, 0.15) is 5.70 Å². The molecule has 0 spiro atoms. The van der Waals surface area contributed by atoms with Gasteiger partial charge < -0.3 is 15.2 Å². The summed E-state index contributed by atoms with van der Waals surface area (Å²) in [5.74, 6) is 0.160. The average Bonchev–Trinajstić information content (AvgIpc) is 2.88. The number of ether oxygens (including phenoxy) is 1. The number of amides is 1. The number of aromatic hydroxyl groups is 1. The summed E-state index contributed by atoms with van der Waals surface area (Å²) in [7, 11) is 1.48. The van der Waals surface area contributed by atoms with E-state index in [2.05, 4.69) is 12.2 Å². The second-order valence-electron chi connectivity index (χ2n) is 5.58. The van der Waals surface area contributed by atoms with Crippen molar-refractivity contribution in [1.29, 1.82) is 0 Å². The Morgan fingerprint density at radius 3 is 2.76 bits per heavy atom. The zero-order valence-corrected chi connectivity index (χ0v) is 14.8. The van der Waals surface area contributed by atoms with E-state index < -0.39 is 0 Å². The predicted molar refractivity (Wildman–Crippen MR) is 102 cm³/mol. The molecule has 2 N–H and O–H groups in total. The van der Waals surface area contributed by atoms with Crippen LogP contribution in [0, 0.1) is 0 Å². The normalized spacial score (nSPS) is 15.6. The van der Waals surface area contributed by atoms with Crippen molar-refractivity contribution in [3.8, 4) is 11.5 Å². The molecule has 1 aliphatic heterocycles. The van der Waals surface area contributed by atoms with Gasteiger partial charge in [-0.25, -0.2) is 0 Å². The van der Waals surface area contributed by atoms with Crippen molar-refractivity contribution in [1.82, 2.24) is 5.32 Å². The molecule has 0 saturated carbocycles. The van der Waals surface area contributed by atoms with Gasteiger partial charge in [-0.15, -0.1) is 0 Å². The SMILES string of the molecule is CCc1cccc(N2C(=O)/C(=C\c3ccc(OC)c(O)c3)NC2=S)c1. The zero-order valence-electron chi connectivity index (χ0n) is 13.9. The van der Waals surface area contributed by atoms with E-state index in [1.807, 2.05) is 24.3 Å². The molecular weight excluding hydrogens is 336 g/mol. The number of rotatable bonds is 4. The van der Waals surface area contributed by atoms with Gasteiger partial charge >= 0.3 is 0 Å². The van der Waals surface area contributed by atoms with Crippen LogP contribution in [0.5, 0.6) is 11.5 Å². The van der Waals surface area contributed by atoms with Gasteiger partial charge in [0.05, 0.1) is 12.8 Å². The number of phenolic OH excluding ortho intramolecular Hbond substituents is 1. The minimum atomic E-state index is -0.228. The lowest BCUT2D eigenvalue weighted by atomic mass is 10.1. The van der Waals surface area contributed by atoms with E-state index in [0.717, 1.165) is 17.7 Å². The maximum absolute atomic E-state index is 12.7. The minimum Gasteiger partial charge on any atom is -0.504 e. The highest BCUT2D eigenvalue weighted by Crippen LogP contribution is 2.28. The fourth-order valence-corrected chi connectivity index (χ4v) is 2.95. The molecule has 0 bridgehead atoms. The van der Waals surface area contributed by atoms with Gasteiger partial charge in [0.2, 0.25) is 0 Å². The molecule has 0 aliphatic carbocycles. The third-order valence-electron chi connectivity index (χ3n) is 3.97. The number of nitrogens with zero attached hydrogens (tertiary/aromatic N) is 1. The molecular formula is C19H18N2O3S. The van der Waals surface area contributed by atoms with Gasteiger partial charge in [-0.3, -0.25) is 9.69 Å². The minimum absolute atomic E-state index is 0.0115. The summed E-state index contributed by atoms with van der Waals surface area (Å²) in [6, 6.07) is 12.7. The first-order chi connectivity index (χ1) is 12.0. The third-order valence-corrected chi connectivity index (χ3v) is 4.25. The Labute approximate surface area is 151 Å². The van der Waals surface area contributed by atoms with Gasteiger partial charge in [-0.05, 0) is 60.1 Å². The van der Waals surface area contributed by atoms with Crippen molar-refractivity contribution in [2.24, 2.45) is 0 Å². The van der Waals surface area contributed by atoms with E-state index in [0.29, 0.717) is 22.1 Å². The van der Waals surface area contributed by atoms with Crippen molar-refractivity contribution < 1.29 is 14.6 Å². The lowest BCUT2D eigenvalue weighted by molar-refractivity contribution is -0.113. The van der Waals surface area contributed by atoms with Crippen LogP contribution in [0.15, 0.2) is 48.2 Å². The first-order valence-corrected chi connectivity index (χ1v) is 8.27. The number of phenols is 1. The highest BCUT2D eigenvalue weighted by molar-refractivity contribution is 7.80. The fraction of sp³-hybridized carbons (Fsp3) is 0.158. The van der Waals surface area contributed by atoms with E-state index in [-0.39, 0.29) is 11.7 Å². The number of thiocarbonyl (C=S) groups is 1. The molecule has 2 aromatic rings. The number of aryl methyl sites for hydroxylation is 1. The molecule has 128 valence electrons. The van der Waals surface area contributed by atoms with E-state index >= 15 is 0 Å². The number of carbonyl (C=O) groups is 1. The number of hydrogen-bond donors (Lipinski definition) is 2. The molecule has 0 unspecified atom stereocenters.